The van der Waals surface area contributed by atoms with Gasteiger partial charge < -0.3 is 4.74 Å². The molecule has 0 aliphatic carbocycles. The number of carbonyl (C=O) groups excluding carboxylic acids is 1. The molecular weight excluding hydrogens is 214 g/mol. The molecule has 0 amide bonds. The second-order valence-electron chi connectivity index (χ2n) is 2.65. The van der Waals surface area contributed by atoms with Crippen molar-refractivity contribution >= 4 is 17.6 Å². The Morgan fingerprint density at radius 2 is 2.07 bits per heavy atom. The molecule has 0 bridgehead atoms. The number of esters is 1. The van der Waals surface area contributed by atoms with Gasteiger partial charge in [0.1, 0.15) is 5.82 Å². The second-order valence-corrected chi connectivity index (χ2v) is 3.03. The first-order chi connectivity index (χ1) is 6.49. The van der Waals surface area contributed by atoms with E-state index in [0.29, 0.717) is 0 Å². The Bertz CT molecular complexity index is 391. The van der Waals surface area contributed by atoms with E-state index in [1.54, 1.807) is 0 Å². The fraction of sp³-hybridized carbons (Fsp3) is 0.222. The lowest BCUT2D eigenvalue weighted by molar-refractivity contribution is 0.0595. The normalized spacial score (nSPS) is 10.1. The van der Waals surface area contributed by atoms with Crippen molar-refractivity contribution in [1.29, 1.82) is 0 Å². The van der Waals surface area contributed by atoms with Gasteiger partial charge in [0.05, 0.1) is 17.7 Å². The fourth-order valence-electron chi connectivity index (χ4n) is 0.945. The van der Waals surface area contributed by atoms with E-state index in [1.807, 2.05) is 0 Å². The number of rotatable bonds is 1. The van der Waals surface area contributed by atoms with E-state index < -0.39 is 28.2 Å². The molecule has 0 spiro atoms. The van der Waals surface area contributed by atoms with Gasteiger partial charge in [-0.1, -0.05) is 11.6 Å². The van der Waals surface area contributed by atoms with E-state index in [4.69, 9.17) is 11.6 Å². The van der Waals surface area contributed by atoms with Crippen molar-refractivity contribution in [3.8, 4) is 0 Å². The minimum Gasteiger partial charge on any atom is -0.465 e. The highest BCUT2D eigenvalue weighted by molar-refractivity contribution is 6.31. The second kappa shape index (κ2) is 3.92. The molecule has 2 nitrogen and oxygen atoms in total. The summed E-state index contributed by atoms with van der Waals surface area (Å²) in [5.41, 5.74) is -0.530. The van der Waals surface area contributed by atoms with Crippen molar-refractivity contribution < 1.29 is 18.3 Å². The first kappa shape index (κ1) is 10.9. The van der Waals surface area contributed by atoms with Gasteiger partial charge in [-0.15, -0.1) is 0 Å². The number of methoxy groups -OCH3 is 1. The highest BCUT2D eigenvalue weighted by Gasteiger charge is 2.19. The van der Waals surface area contributed by atoms with E-state index in [2.05, 4.69) is 4.74 Å². The van der Waals surface area contributed by atoms with Crippen LogP contribution in [0.5, 0.6) is 0 Å². The molecule has 0 unspecified atom stereocenters. The van der Waals surface area contributed by atoms with Crippen LogP contribution in [0, 0.1) is 18.6 Å². The Labute approximate surface area is 84.4 Å². The summed E-state index contributed by atoms with van der Waals surface area (Å²) in [4.78, 5) is 11.0. The molecule has 1 aromatic carbocycles. The largest absolute Gasteiger partial charge is 0.465 e. The molecule has 0 N–H and O–H groups in total. The Morgan fingerprint density at radius 1 is 1.50 bits per heavy atom. The summed E-state index contributed by atoms with van der Waals surface area (Å²) in [6.45, 7) is 1.32. The van der Waals surface area contributed by atoms with Gasteiger partial charge in [0.15, 0.2) is 5.82 Å². The third kappa shape index (κ3) is 1.70. The van der Waals surface area contributed by atoms with Gasteiger partial charge in [0.25, 0.3) is 0 Å². The molecule has 0 aliphatic heterocycles. The van der Waals surface area contributed by atoms with Crippen LogP contribution in [0.2, 0.25) is 5.02 Å². The van der Waals surface area contributed by atoms with Gasteiger partial charge in [-0.25, -0.2) is 13.6 Å². The van der Waals surface area contributed by atoms with Crippen molar-refractivity contribution in [1.82, 2.24) is 0 Å². The van der Waals surface area contributed by atoms with Crippen molar-refractivity contribution in [3.05, 3.63) is 33.9 Å². The van der Waals surface area contributed by atoms with Crippen LogP contribution in [0.3, 0.4) is 0 Å². The molecule has 0 saturated heterocycles. The first-order valence-corrected chi connectivity index (χ1v) is 4.09. The summed E-state index contributed by atoms with van der Waals surface area (Å²) in [7, 11) is 1.08. The van der Waals surface area contributed by atoms with Gasteiger partial charge in [-0.05, 0) is 13.0 Å². The van der Waals surface area contributed by atoms with Crippen molar-refractivity contribution in [3.63, 3.8) is 0 Å². The number of benzene rings is 1. The lowest BCUT2D eigenvalue weighted by Crippen LogP contribution is -2.06. The standard InChI is InChI=1S/C9H7ClF2O2/c1-4-6(11)3-5(9(13)14-2)8(12)7(4)10/h3H,1-2H3. The highest BCUT2D eigenvalue weighted by atomic mass is 35.5. The number of hydrogen-bond donors (Lipinski definition) is 0. The predicted octanol–water partition coefficient (Wildman–Crippen LogP) is 2.71. The van der Waals surface area contributed by atoms with E-state index in [-0.39, 0.29) is 5.56 Å². The third-order valence-corrected chi connectivity index (χ3v) is 2.24. The molecule has 1 aromatic rings. The molecule has 0 aliphatic rings. The van der Waals surface area contributed by atoms with E-state index in [0.717, 1.165) is 13.2 Å². The third-order valence-electron chi connectivity index (χ3n) is 1.79. The van der Waals surface area contributed by atoms with Crippen LogP contribution in [0.25, 0.3) is 0 Å². The zero-order chi connectivity index (χ0) is 10.9. The van der Waals surface area contributed by atoms with E-state index >= 15 is 0 Å². The van der Waals surface area contributed by atoms with Gasteiger partial charge in [0.2, 0.25) is 0 Å². The highest BCUT2D eigenvalue weighted by Crippen LogP contribution is 2.25. The molecule has 0 aromatic heterocycles. The number of halogens is 3. The molecule has 0 atom stereocenters. The van der Waals surface area contributed by atoms with Crippen molar-refractivity contribution in [2.24, 2.45) is 0 Å². The summed E-state index contributed by atoms with van der Waals surface area (Å²) in [5, 5.41) is -0.398. The quantitative estimate of drug-likeness (QED) is 0.537. The Morgan fingerprint density at radius 3 is 2.57 bits per heavy atom. The zero-order valence-corrected chi connectivity index (χ0v) is 8.28. The van der Waals surface area contributed by atoms with E-state index in [1.165, 1.54) is 6.92 Å². The lowest BCUT2D eigenvalue weighted by atomic mass is 10.1. The SMILES string of the molecule is COC(=O)c1cc(F)c(C)c(Cl)c1F. The zero-order valence-electron chi connectivity index (χ0n) is 7.53. The molecule has 0 fully saturated rings. The Kier molecular flexibility index (Phi) is 3.06. The molecule has 1 rings (SSSR count). The lowest BCUT2D eigenvalue weighted by Gasteiger charge is -2.06. The summed E-state index contributed by atoms with van der Waals surface area (Å²) < 4.78 is 30.6. The average molecular weight is 221 g/mol. The summed E-state index contributed by atoms with van der Waals surface area (Å²) in [5.74, 6) is -2.66. The van der Waals surface area contributed by atoms with Gasteiger partial charge in [-0.3, -0.25) is 0 Å². The molecule has 5 heteroatoms. The molecule has 76 valence electrons. The van der Waals surface area contributed by atoms with Crippen LogP contribution in [-0.4, -0.2) is 13.1 Å². The topological polar surface area (TPSA) is 26.3 Å². The summed E-state index contributed by atoms with van der Waals surface area (Å²) >= 11 is 5.47. The fourth-order valence-corrected chi connectivity index (χ4v) is 1.14. The molecule has 0 heterocycles. The van der Waals surface area contributed by atoms with E-state index in [9.17, 15) is 13.6 Å². The average Bonchev–Trinajstić information content (AvgIpc) is 2.19. The first-order valence-electron chi connectivity index (χ1n) is 3.71. The summed E-state index contributed by atoms with van der Waals surface area (Å²) in [6, 6.07) is 0.766. The van der Waals surface area contributed by atoms with Gasteiger partial charge in [-0.2, -0.15) is 0 Å². The smallest absolute Gasteiger partial charge is 0.341 e. The number of ether oxygens (including phenoxy) is 1. The van der Waals surface area contributed by atoms with Crippen LogP contribution < -0.4 is 0 Å². The van der Waals surface area contributed by atoms with Gasteiger partial charge in [0, 0.05) is 5.56 Å². The van der Waals surface area contributed by atoms with Crippen LogP contribution in [-0.2, 0) is 4.74 Å². The maximum Gasteiger partial charge on any atom is 0.341 e. The van der Waals surface area contributed by atoms with Crippen LogP contribution >= 0.6 is 11.6 Å². The van der Waals surface area contributed by atoms with Crippen LogP contribution in [0.15, 0.2) is 6.07 Å². The molecule has 0 saturated carbocycles. The maximum atomic E-state index is 13.3. The number of hydrogen-bond acceptors (Lipinski definition) is 2. The minimum atomic E-state index is -0.961. The minimum absolute atomic E-state index is 0.0307. The van der Waals surface area contributed by atoms with Crippen LogP contribution in [0.1, 0.15) is 15.9 Å². The predicted molar refractivity (Wildman–Crippen MR) is 47.4 cm³/mol. The van der Waals surface area contributed by atoms with Crippen molar-refractivity contribution in [2.75, 3.05) is 7.11 Å². The van der Waals surface area contributed by atoms with Crippen LogP contribution in [0.4, 0.5) is 8.78 Å². The molecule has 14 heavy (non-hydrogen) atoms. The number of carbonyl (C=O) groups is 1. The molecular formula is C9H7ClF2O2. The monoisotopic (exact) mass is 220 g/mol. The Balaban J connectivity index is 3.40. The maximum absolute atomic E-state index is 13.3. The van der Waals surface area contributed by atoms with Crippen molar-refractivity contribution in [2.45, 2.75) is 6.92 Å². The van der Waals surface area contributed by atoms with Gasteiger partial charge >= 0.3 is 5.97 Å². The Hall–Kier alpha value is -1.16. The molecule has 0 radical (unpaired) electrons. The summed E-state index contributed by atoms with van der Waals surface area (Å²) in [6.07, 6.45) is 0.